The molecule has 1 aromatic heterocycles. The van der Waals surface area contributed by atoms with Gasteiger partial charge in [-0.1, -0.05) is 0 Å². The molecule has 0 radical (unpaired) electrons. The predicted molar refractivity (Wildman–Crippen MR) is 69.8 cm³/mol. The van der Waals surface area contributed by atoms with Crippen LogP contribution in [0.25, 0.3) is 0 Å². The Hall–Kier alpha value is -1.82. The van der Waals surface area contributed by atoms with E-state index in [4.69, 9.17) is 10.8 Å². The minimum Gasteiger partial charge on any atom is -0.478 e. The number of carbonyl (C=O) groups is 1. The van der Waals surface area contributed by atoms with Crippen LogP contribution in [-0.2, 0) is 0 Å². The summed E-state index contributed by atoms with van der Waals surface area (Å²) in [6, 6.07) is 1.38. The van der Waals surface area contributed by atoms with Crippen LogP contribution in [-0.4, -0.2) is 47.1 Å². The average Bonchev–Trinajstić information content (AvgIpc) is 2.84. The van der Waals surface area contributed by atoms with Gasteiger partial charge in [-0.3, -0.25) is 0 Å². The van der Waals surface area contributed by atoms with Crippen molar-refractivity contribution >= 4 is 17.5 Å². The number of carboxylic acid groups (broad SMARTS) is 1. The molecule has 0 saturated carbocycles. The minimum absolute atomic E-state index is 0.170. The molecule has 18 heavy (non-hydrogen) atoms. The Morgan fingerprint density at radius 1 is 1.50 bits per heavy atom. The number of pyridine rings is 1. The van der Waals surface area contributed by atoms with Crippen LogP contribution in [0.3, 0.4) is 0 Å². The molecule has 2 heterocycles. The fourth-order valence-electron chi connectivity index (χ4n) is 2.14. The zero-order valence-corrected chi connectivity index (χ0v) is 10.2. The number of aromatic carboxylic acids is 1. The third-order valence-electron chi connectivity index (χ3n) is 3.10. The highest BCUT2D eigenvalue weighted by Crippen LogP contribution is 2.16. The summed E-state index contributed by atoms with van der Waals surface area (Å²) in [5.41, 5.74) is 6.18. The normalized spacial score (nSPS) is 15.8. The number of hydrogen-bond acceptors (Lipinski definition) is 5. The lowest BCUT2D eigenvalue weighted by Gasteiger charge is -2.16. The quantitative estimate of drug-likeness (QED) is 0.718. The van der Waals surface area contributed by atoms with Crippen molar-refractivity contribution in [2.24, 2.45) is 0 Å². The van der Waals surface area contributed by atoms with Gasteiger partial charge in [0, 0.05) is 13.1 Å². The van der Waals surface area contributed by atoms with E-state index in [0.29, 0.717) is 12.2 Å². The van der Waals surface area contributed by atoms with Gasteiger partial charge >= 0.3 is 5.97 Å². The molecule has 2 rings (SSSR count). The Bertz CT molecular complexity index is 430. The Kier molecular flexibility index (Phi) is 3.99. The highest BCUT2D eigenvalue weighted by molar-refractivity contribution is 5.94. The van der Waals surface area contributed by atoms with E-state index >= 15 is 0 Å². The summed E-state index contributed by atoms with van der Waals surface area (Å²) in [5.74, 6) is -0.773. The molecule has 1 aliphatic rings. The second-order valence-corrected chi connectivity index (χ2v) is 4.44. The van der Waals surface area contributed by atoms with Gasteiger partial charge in [0.25, 0.3) is 0 Å². The predicted octanol–water partition coefficient (Wildman–Crippen LogP) is 0.870. The van der Waals surface area contributed by atoms with Gasteiger partial charge in [-0.25, -0.2) is 9.78 Å². The number of aromatic nitrogens is 1. The second kappa shape index (κ2) is 5.68. The van der Waals surface area contributed by atoms with Gasteiger partial charge in [0.15, 0.2) is 0 Å². The SMILES string of the molecule is Nc1cc(C(=O)O)c(NCCN2CCCC2)cn1. The zero-order valence-electron chi connectivity index (χ0n) is 10.2. The van der Waals surface area contributed by atoms with Crippen molar-refractivity contribution < 1.29 is 9.90 Å². The van der Waals surface area contributed by atoms with E-state index in [9.17, 15) is 4.79 Å². The first kappa shape index (κ1) is 12.6. The standard InChI is InChI=1S/C12H18N4O2/c13-11-7-9(12(17)18)10(8-15-11)14-3-6-16-4-1-2-5-16/h7-8,14H,1-6H2,(H2,13,15)(H,17,18). The molecule has 1 saturated heterocycles. The number of nitrogens with one attached hydrogen (secondary N) is 1. The van der Waals surface area contributed by atoms with Gasteiger partial charge in [0.2, 0.25) is 0 Å². The molecule has 4 N–H and O–H groups in total. The first-order chi connectivity index (χ1) is 8.66. The number of nitrogens with zero attached hydrogens (tertiary/aromatic N) is 2. The number of hydrogen-bond donors (Lipinski definition) is 3. The van der Waals surface area contributed by atoms with Crippen LogP contribution in [0.15, 0.2) is 12.3 Å². The molecule has 0 aliphatic carbocycles. The smallest absolute Gasteiger partial charge is 0.337 e. The summed E-state index contributed by atoms with van der Waals surface area (Å²) in [4.78, 5) is 17.3. The molecule has 0 bridgehead atoms. The molecule has 0 atom stereocenters. The van der Waals surface area contributed by atoms with E-state index in [-0.39, 0.29) is 11.4 Å². The highest BCUT2D eigenvalue weighted by Gasteiger charge is 2.13. The van der Waals surface area contributed by atoms with Gasteiger partial charge in [0.1, 0.15) is 5.82 Å². The summed E-state index contributed by atoms with van der Waals surface area (Å²) in [6.45, 7) is 3.90. The van der Waals surface area contributed by atoms with Crippen LogP contribution in [0, 0.1) is 0 Å². The molecule has 0 spiro atoms. The maximum atomic E-state index is 11.1. The first-order valence-corrected chi connectivity index (χ1v) is 6.12. The summed E-state index contributed by atoms with van der Waals surface area (Å²) in [5, 5.41) is 12.2. The lowest BCUT2D eigenvalue weighted by molar-refractivity contribution is 0.0698. The van der Waals surface area contributed by atoms with Crippen LogP contribution >= 0.6 is 0 Å². The number of nitrogen functional groups attached to an aromatic ring is 1. The number of anilines is 2. The number of carboxylic acids is 1. The molecule has 0 unspecified atom stereocenters. The van der Waals surface area contributed by atoms with Crippen molar-refractivity contribution in [2.75, 3.05) is 37.2 Å². The van der Waals surface area contributed by atoms with Gasteiger partial charge < -0.3 is 21.1 Å². The molecule has 0 amide bonds. The molecule has 1 aromatic rings. The van der Waals surface area contributed by atoms with Crippen LogP contribution in [0.1, 0.15) is 23.2 Å². The molecule has 6 heteroatoms. The Morgan fingerprint density at radius 3 is 2.89 bits per heavy atom. The van der Waals surface area contributed by atoms with Crippen molar-refractivity contribution in [1.29, 1.82) is 0 Å². The molecular weight excluding hydrogens is 232 g/mol. The van der Waals surface area contributed by atoms with Crippen LogP contribution in [0.4, 0.5) is 11.5 Å². The van der Waals surface area contributed by atoms with E-state index in [1.54, 1.807) is 0 Å². The van der Waals surface area contributed by atoms with Crippen molar-refractivity contribution in [3.8, 4) is 0 Å². The maximum Gasteiger partial charge on any atom is 0.337 e. The minimum atomic E-state index is -0.993. The average molecular weight is 250 g/mol. The summed E-state index contributed by atoms with van der Waals surface area (Å²) in [7, 11) is 0. The van der Waals surface area contributed by atoms with Gasteiger partial charge in [-0.15, -0.1) is 0 Å². The summed E-state index contributed by atoms with van der Waals surface area (Å²) < 4.78 is 0. The fraction of sp³-hybridized carbons (Fsp3) is 0.500. The van der Waals surface area contributed by atoms with Crippen LogP contribution in [0.2, 0.25) is 0 Å². The molecule has 98 valence electrons. The van der Waals surface area contributed by atoms with Gasteiger partial charge in [0.05, 0.1) is 17.4 Å². The molecule has 6 nitrogen and oxygen atoms in total. The first-order valence-electron chi connectivity index (χ1n) is 6.12. The zero-order chi connectivity index (χ0) is 13.0. The number of rotatable bonds is 5. The van der Waals surface area contributed by atoms with Crippen molar-refractivity contribution in [1.82, 2.24) is 9.88 Å². The lowest BCUT2D eigenvalue weighted by Crippen LogP contribution is -2.26. The topological polar surface area (TPSA) is 91.5 Å². The van der Waals surface area contributed by atoms with E-state index < -0.39 is 5.97 Å². The van der Waals surface area contributed by atoms with Gasteiger partial charge in [-0.2, -0.15) is 0 Å². The van der Waals surface area contributed by atoms with Gasteiger partial charge in [-0.05, 0) is 32.0 Å². The number of nitrogens with two attached hydrogens (primary N) is 1. The largest absolute Gasteiger partial charge is 0.478 e. The molecule has 1 aliphatic heterocycles. The van der Waals surface area contributed by atoms with E-state index in [1.165, 1.54) is 25.1 Å². The third kappa shape index (κ3) is 3.10. The van der Waals surface area contributed by atoms with Crippen LogP contribution in [0.5, 0.6) is 0 Å². The van der Waals surface area contributed by atoms with Crippen molar-refractivity contribution in [3.05, 3.63) is 17.8 Å². The fourth-order valence-corrected chi connectivity index (χ4v) is 2.14. The summed E-state index contributed by atoms with van der Waals surface area (Å²) >= 11 is 0. The molecular formula is C12H18N4O2. The Labute approximate surface area is 106 Å². The summed E-state index contributed by atoms with van der Waals surface area (Å²) in [6.07, 6.45) is 3.98. The van der Waals surface area contributed by atoms with Crippen molar-refractivity contribution in [2.45, 2.75) is 12.8 Å². The van der Waals surface area contributed by atoms with Crippen LogP contribution < -0.4 is 11.1 Å². The van der Waals surface area contributed by atoms with E-state index in [0.717, 1.165) is 19.6 Å². The molecule has 1 fully saturated rings. The second-order valence-electron chi connectivity index (χ2n) is 4.44. The Morgan fingerprint density at radius 2 is 2.22 bits per heavy atom. The lowest BCUT2D eigenvalue weighted by atomic mass is 10.2. The third-order valence-corrected chi connectivity index (χ3v) is 3.10. The van der Waals surface area contributed by atoms with E-state index in [2.05, 4.69) is 15.2 Å². The molecule has 0 aromatic carbocycles. The number of likely N-dealkylation sites (tertiary alicyclic amines) is 1. The maximum absolute atomic E-state index is 11.1. The monoisotopic (exact) mass is 250 g/mol. The highest BCUT2D eigenvalue weighted by atomic mass is 16.4. The van der Waals surface area contributed by atoms with E-state index in [1.807, 2.05) is 0 Å². The van der Waals surface area contributed by atoms with Crippen molar-refractivity contribution in [3.63, 3.8) is 0 Å². The Balaban J connectivity index is 1.93.